The van der Waals surface area contributed by atoms with E-state index in [1.165, 1.54) is 6.92 Å². The SMILES string of the molecule is CC(=O)c1ccc(NC(=O)[C@H](Cc2ccc(OC(=O)Cc3ccccc3Br)cc2)NC(=O)C2CCC(CN)CC2)cc1. The van der Waals surface area contributed by atoms with Crippen LogP contribution in [0.15, 0.2) is 77.3 Å². The van der Waals surface area contributed by atoms with E-state index < -0.39 is 6.04 Å². The maximum Gasteiger partial charge on any atom is 0.315 e. The molecule has 0 unspecified atom stereocenters. The van der Waals surface area contributed by atoms with Gasteiger partial charge in [0.15, 0.2) is 5.78 Å². The summed E-state index contributed by atoms with van der Waals surface area (Å²) < 4.78 is 6.35. The number of amides is 2. The first kappa shape index (κ1) is 31.1. The van der Waals surface area contributed by atoms with Crippen LogP contribution in [0.4, 0.5) is 5.69 Å². The van der Waals surface area contributed by atoms with E-state index in [1.54, 1.807) is 48.5 Å². The second kappa shape index (κ2) is 14.9. The van der Waals surface area contributed by atoms with Gasteiger partial charge >= 0.3 is 5.97 Å². The van der Waals surface area contributed by atoms with Crippen molar-refractivity contribution in [3.63, 3.8) is 0 Å². The predicted octanol–water partition coefficient (Wildman–Crippen LogP) is 5.23. The van der Waals surface area contributed by atoms with E-state index in [0.29, 0.717) is 29.5 Å². The molecule has 220 valence electrons. The minimum atomic E-state index is -0.832. The van der Waals surface area contributed by atoms with E-state index in [9.17, 15) is 19.2 Å². The minimum Gasteiger partial charge on any atom is -0.426 e. The molecule has 3 aromatic carbocycles. The number of hydrogen-bond donors (Lipinski definition) is 3. The zero-order valence-electron chi connectivity index (χ0n) is 23.6. The third kappa shape index (κ3) is 8.84. The smallest absolute Gasteiger partial charge is 0.315 e. The number of ether oxygens (including phenoxy) is 1. The number of ketones is 1. The standard InChI is InChI=1S/C33H36BrN3O5/c1-21(38)24-12-14-27(15-13-24)36-33(41)30(37-32(40)25-10-6-23(20-35)7-11-25)18-22-8-16-28(17-9-22)42-31(39)19-26-4-2-3-5-29(26)34/h2-5,8-9,12-17,23,25,30H,6-7,10-11,18-20,35H2,1H3,(H,36,41)(H,37,40)/t23?,25?,30-/m0/s1. The van der Waals surface area contributed by atoms with Gasteiger partial charge in [-0.05, 0) is 98.7 Å². The van der Waals surface area contributed by atoms with Gasteiger partial charge in [0.05, 0.1) is 6.42 Å². The summed E-state index contributed by atoms with van der Waals surface area (Å²) in [7, 11) is 0. The minimum absolute atomic E-state index is 0.0653. The molecule has 0 saturated heterocycles. The molecule has 2 amide bonds. The van der Waals surface area contributed by atoms with Gasteiger partial charge in [-0.15, -0.1) is 0 Å². The van der Waals surface area contributed by atoms with Crippen molar-refractivity contribution in [3.05, 3.63) is 94.0 Å². The molecule has 0 aliphatic heterocycles. The van der Waals surface area contributed by atoms with Gasteiger partial charge in [0.2, 0.25) is 11.8 Å². The second-order valence-corrected chi connectivity index (χ2v) is 11.6. The Morgan fingerprint density at radius 3 is 2.21 bits per heavy atom. The van der Waals surface area contributed by atoms with Crippen LogP contribution in [-0.2, 0) is 27.2 Å². The maximum atomic E-state index is 13.4. The Balaban J connectivity index is 1.42. The number of carbonyl (C=O) groups excluding carboxylic acids is 4. The average Bonchev–Trinajstić information content (AvgIpc) is 2.99. The van der Waals surface area contributed by atoms with Gasteiger partial charge < -0.3 is 21.1 Å². The quantitative estimate of drug-likeness (QED) is 0.151. The number of Topliss-reactive ketones (excluding diaryl/α,β-unsaturated/α-hetero) is 1. The summed E-state index contributed by atoms with van der Waals surface area (Å²) in [5.74, 6) is -0.294. The molecule has 0 heterocycles. The highest BCUT2D eigenvalue weighted by Gasteiger charge is 2.29. The zero-order valence-corrected chi connectivity index (χ0v) is 25.2. The van der Waals surface area contributed by atoms with Crippen molar-refractivity contribution in [3.8, 4) is 5.75 Å². The number of carbonyl (C=O) groups is 4. The fourth-order valence-corrected chi connectivity index (χ4v) is 5.50. The molecule has 1 aliphatic carbocycles. The van der Waals surface area contributed by atoms with Gasteiger partial charge in [0, 0.05) is 28.1 Å². The first-order valence-corrected chi connectivity index (χ1v) is 15.0. The molecule has 1 fully saturated rings. The highest BCUT2D eigenvalue weighted by molar-refractivity contribution is 9.10. The number of anilines is 1. The monoisotopic (exact) mass is 633 g/mol. The highest BCUT2D eigenvalue weighted by Crippen LogP contribution is 2.28. The maximum absolute atomic E-state index is 13.4. The van der Waals surface area contributed by atoms with Gasteiger partial charge in [-0.1, -0.05) is 46.3 Å². The number of benzene rings is 3. The number of rotatable bonds is 11. The Labute approximate surface area is 254 Å². The fraction of sp³-hybridized carbons (Fsp3) is 0.333. The highest BCUT2D eigenvalue weighted by atomic mass is 79.9. The van der Waals surface area contributed by atoms with Crippen LogP contribution in [0, 0.1) is 11.8 Å². The van der Waals surface area contributed by atoms with E-state index >= 15 is 0 Å². The number of hydrogen-bond acceptors (Lipinski definition) is 6. The van der Waals surface area contributed by atoms with Crippen LogP contribution >= 0.6 is 15.9 Å². The van der Waals surface area contributed by atoms with Gasteiger partial charge in [-0.3, -0.25) is 19.2 Å². The fourth-order valence-electron chi connectivity index (χ4n) is 5.07. The molecule has 4 rings (SSSR count). The number of halogens is 1. The van der Waals surface area contributed by atoms with Crippen LogP contribution in [0.1, 0.15) is 54.1 Å². The Kier molecular flexibility index (Phi) is 11.0. The molecule has 8 nitrogen and oxygen atoms in total. The molecule has 0 spiro atoms. The predicted molar refractivity (Wildman–Crippen MR) is 165 cm³/mol. The molecular formula is C33H36BrN3O5. The summed E-state index contributed by atoms with van der Waals surface area (Å²) >= 11 is 3.44. The Bertz CT molecular complexity index is 1400. The molecule has 0 aromatic heterocycles. The molecule has 1 saturated carbocycles. The molecule has 42 heavy (non-hydrogen) atoms. The summed E-state index contributed by atoms with van der Waals surface area (Å²) in [5, 5.41) is 5.83. The molecular weight excluding hydrogens is 598 g/mol. The largest absolute Gasteiger partial charge is 0.426 e. The van der Waals surface area contributed by atoms with E-state index in [4.69, 9.17) is 10.5 Å². The molecule has 3 aromatic rings. The Hall–Kier alpha value is -3.82. The van der Waals surface area contributed by atoms with Crippen molar-refractivity contribution >= 4 is 45.2 Å². The van der Waals surface area contributed by atoms with E-state index in [2.05, 4.69) is 26.6 Å². The van der Waals surface area contributed by atoms with E-state index in [-0.39, 0.29) is 42.3 Å². The Morgan fingerprint density at radius 1 is 0.929 bits per heavy atom. The summed E-state index contributed by atoms with van der Waals surface area (Å²) in [4.78, 5) is 50.7. The molecule has 0 radical (unpaired) electrons. The second-order valence-electron chi connectivity index (χ2n) is 10.7. The zero-order chi connectivity index (χ0) is 30.1. The third-order valence-corrected chi connectivity index (χ3v) is 8.40. The lowest BCUT2D eigenvalue weighted by molar-refractivity contribution is -0.133. The molecule has 1 atom stereocenters. The first-order chi connectivity index (χ1) is 20.2. The van der Waals surface area contributed by atoms with Crippen LogP contribution in [0.3, 0.4) is 0 Å². The van der Waals surface area contributed by atoms with Crippen molar-refractivity contribution in [2.24, 2.45) is 17.6 Å². The van der Waals surface area contributed by atoms with Crippen LogP contribution in [0.5, 0.6) is 5.75 Å². The molecule has 1 aliphatic rings. The van der Waals surface area contributed by atoms with Crippen molar-refractivity contribution in [1.29, 1.82) is 0 Å². The number of nitrogens with one attached hydrogen (secondary N) is 2. The van der Waals surface area contributed by atoms with Gasteiger partial charge in [-0.25, -0.2) is 0 Å². The molecule has 9 heteroatoms. The summed E-state index contributed by atoms with van der Waals surface area (Å²) in [6.07, 6.45) is 3.65. The van der Waals surface area contributed by atoms with Crippen molar-refractivity contribution in [1.82, 2.24) is 5.32 Å². The Morgan fingerprint density at radius 2 is 1.60 bits per heavy atom. The normalized spacial score (nSPS) is 17.1. The van der Waals surface area contributed by atoms with Crippen LogP contribution < -0.4 is 21.1 Å². The van der Waals surface area contributed by atoms with Crippen LogP contribution in [0.25, 0.3) is 0 Å². The van der Waals surface area contributed by atoms with Crippen molar-refractivity contribution in [2.45, 2.75) is 51.5 Å². The summed E-state index contributed by atoms with van der Waals surface area (Å²) in [5.41, 5.74) is 8.50. The average molecular weight is 635 g/mol. The number of esters is 1. The lowest BCUT2D eigenvalue weighted by Gasteiger charge is -2.28. The number of nitrogens with two attached hydrogens (primary N) is 1. The van der Waals surface area contributed by atoms with Gasteiger partial charge in [0.1, 0.15) is 11.8 Å². The van der Waals surface area contributed by atoms with Crippen LogP contribution in [0.2, 0.25) is 0 Å². The molecule has 0 bridgehead atoms. The first-order valence-electron chi connectivity index (χ1n) is 14.2. The molecule has 4 N–H and O–H groups in total. The lowest BCUT2D eigenvalue weighted by atomic mass is 9.81. The summed E-state index contributed by atoms with van der Waals surface area (Å²) in [6, 6.07) is 20.2. The van der Waals surface area contributed by atoms with Crippen molar-refractivity contribution < 1.29 is 23.9 Å². The van der Waals surface area contributed by atoms with Crippen molar-refractivity contribution in [2.75, 3.05) is 11.9 Å². The topological polar surface area (TPSA) is 128 Å². The van der Waals surface area contributed by atoms with Gasteiger partial charge in [0.25, 0.3) is 0 Å². The third-order valence-electron chi connectivity index (χ3n) is 7.63. The van der Waals surface area contributed by atoms with Gasteiger partial charge in [-0.2, -0.15) is 0 Å². The van der Waals surface area contributed by atoms with E-state index in [1.807, 2.05) is 24.3 Å². The lowest BCUT2D eigenvalue weighted by Crippen LogP contribution is -2.48. The van der Waals surface area contributed by atoms with E-state index in [0.717, 1.165) is 41.3 Å². The van der Waals surface area contributed by atoms with Crippen LogP contribution in [-0.4, -0.2) is 36.2 Å². The summed E-state index contributed by atoms with van der Waals surface area (Å²) in [6.45, 7) is 2.10.